The predicted molar refractivity (Wildman–Crippen MR) is 88.7 cm³/mol. The van der Waals surface area contributed by atoms with Gasteiger partial charge in [-0.3, -0.25) is 0 Å². The van der Waals surface area contributed by atoms with Gasteiger partial charge in [0.15, 0.2) is 0 Å². The zero-order valence-corrected chi connectivity index (χ0v) is 14.5. The quantitative estimate of drug-likeness (QED) is 0.320. The van der Waals surface area contributed by atoms with E-state index in [1.165, 1.54) is 12.2 Å². The fraction of sp³-hybridized carbons (Fsp3) is 0.231. The third-order valence-corrected chi connectivity index (χ3v) is 4.94. The Morgan fingerprint density at radius 3 is 2.58 bits per heavy atom. The average molecular weight is 510 g/mol. The van der Waals surface area contributed by atoms with Crippen LogP contribution in [0.25, 0.3) is 5.57 Å². The van der Waals surface area contributed by atoms with E-state index in [1.54, 1.807) is 6.07 Å². The molecule has 0 fully saturated rings. The van der Waals surface area contributed by atoms with Crippen LogP contribution in [0, 0.1) is 3.57 Å². The number of allylic oxidation sites excluding steroid dienone is 4. The van der Waals surface area contributed by atoms with Crippen LogP contribution in [0.5, 0.6) is 0 Å². The Labute approximate surface area is 141 Å². The Balaban J connectivity index is 2.50. The van der Waals surface area contributed by atoms with Crippen LogP contribution in [0.15, 0.2) is 35.9 Å². The maximum Gasteiger partial charge on any atom is 0.416 e. The van der Waals surface area contributed by atoms with Crippen molar-refractivity contribution < 1.29 is 13.2 Å². The smallest absolute Gasteiger partial charge is 0.166 e. The van der Waals surface area contributed by atoms with Gasteiger partial charge in [-0.2, -0.15) is 13.2 Å². The second kappa shape index (κ2) is 5.93. The molecule has 0 aromatic heterocycles. The molecule has 0 amide bonds. The fourth-order valence-corrected chi connectivity index (χ4v) is 3.32. The van der Waals surface area contributed by atoms with Crippen LogP contribution in [0.2, 0.25) is 5.02 Å². The highest BCUT2D eigenvalue weighted by Crippen LogP contribution is 2.40. The topological polar surface area (TPSA) is 0 Å². The molecule has 0 saturated heterocycles. The molecule has 1 aliphatic rings. The van der Waals surface area contributed by atoms with E-state index >= 15 is 0 Å². The number of rotatable bonds is 1. The van der Waals surface area contributed by atoms with Gasteiger partial charge in [-0.1, -0.05) is 40.3 Å². The van der Waals surface area contributed by atoms with Gasteiger partial charge in [-0.05, 0) is 64.4 Å². The summed E-state index contributed by atoms with van der Waals surface area (Å²) in [5.41, 5.74) is 0.729. The molecule has 0 radical (unpaired) electrons. The van der Waals surface area contributed by atoms with Crippen molar-refractivity contribution in [3.63, 3.8) is 0 Å². The molecule has 0 spiro atoms. The van der Waals surface area contributed by atoms with Crippen molar-refractivity contribution in [1.82, 2.24) is 0 Å². The molecule has 0 nitrogen and oxygen atoms in total. The van der Waals surface area contributed by atoms with Crippen molar-refractivity contribution in [2.24, 2.45) is 0 Å². The molecule has 0 N–H and O–H groups in total. The third-order valence-electron chi connectivity index (χ3n) is 2.76. The van der Waals surface area contributed by atoms with Crippen LogP contribution in [-0.2, 0) is 0 Å². The maximum absolute atomic E-state index is 12.8. The molecule has 2 rings (SSSR count). The molecule has 1 aromatic carbocycles. The van der Waals surface area contributed by atoms with E-state index < -0.39 is 11.7 Å². The van der Waals surface area contributed by atoms with Gasteiger partial charge in [0, 0.05) is 12.5 Å². The SMILES string of the molecule is FC(F)(F)C1=CCC(I)C(c2cc(I)ccc2Cl)=C1. The molecule has 102 valence electrons. The molecule has 1 aliphatic carbocycles. The minimum atomic E-state index is -4.31. The van der Waals surface area contributed by atoms with Crippen LogP contribution >= 0.6 is 56.8 Å². The van der Waals surface area contributed by atoms with Crippen molar-refractivity contribution in [3.8, 4) is 0 Å². The van der Waals surface area contributed by atoms with Crippen molar-refractivity contribution in [1.29, 1.82) is 0 Å². The minimum Gasteiger partial charge on any atom is -0.166 e. The number of hydrogen-bond donors (Lipinski definition) is 0. The number of alkyl halides is 4. The Kier molecular flexibility index (Phi) is 4.88. The van der Waals surface area contributed by atoms with E-state index in [-0.39, 0.29) is 3.92 Å². The molecule has 1 atom stereocenters. The van der Waals surface area contributed by atoms with Crippen molar-refractivity contribution in [3.05, 3.63) is 50.1 Å². The monoisotopic (exact) mass is 510 g/mol. The highest BCUT2D eigenvalue weighted by atomic mass is 127. The first-order chi connectivity index (χ1) is 8.79. The first-order valence-corrected chi connectivity index (χ1v) is 8.07. The molecular formula is C13H8ClF3I2. The van der Waals surface area contributed by atoms with E-state index in [4.69, 9.17) is 11.6 Å². The van der Waals surface area contributed by atoms with E-state index in [9.17, 15) is 13.2 Å². The van der Waals surface area contributed by atoms with Crippen LogP contribution in [0.4, 0.5) is 13.2 Å². The first-order valence-electron chi connectivity index (χ1n) is 5.37. The molecule has 1 aromatic rings. The highest BCUT2D eigenvalue weighted by molar-refractivity contribution is 14.1. The predicted octanol–water partition coefficient (Wildman–Crippen LogP) is 6.02. The van der Waals surface area contributed by atoms with Gasteiger partial charge in [0.2, 0.25) is 0 Å². The van der Waals surface area contributed by atoms with Gasteiger partial charge < -0.3 is 0 Å². The standard InChI is InChI=1S/C13H8ClF3I2/c14-11-3-2-8(18)6-9(11)10-5-7(13(15,16)17)1-4-12(10)19/h1-3,5-6,12H,4H2. The summed E-state index contributed by atoms with van der Waals surface area (Å²) >= 11 is 10.4. The Hall–Kier alpha value is 0.240. The van der Waals surface area contributed by atoms with Crippen LogP contribution < -0.4 is 0 Å². The summed E-state index contributed by atoms with van der Waals surface area (Å²) < 4.78 is 39.3. The summed E-state index contributed by atoms with van der Waals surface area (Å²) in [7, 11) is 0. The molecular weight excluding hydrogens is 502 g/mol. The van der Waals surface area contributed by atoms with Crippen molar-refractivity contribution >= 4 is 62.4 Å². The molecule has 0 saturated carbocycles. The minimum absolute atomic E-state index is 0.000556. The van der Waals surface area contributed by atoms with Crippen molar-refractivity contribution in [2.45, 2.75) is 16.5 Å². The zero-order valence-electron chi connectivity index (χ0n) is 9.44. The van der Waals surface area contributed by atoms with Crippen LogP contribution in [0.3, 0.4) is 0 Å². The number of benzene rings is 1. The second-order valence-corrected chi connectivity index (χ2v) is 7.24. The summed E-state index contributed by atoms with van der Waals surface area (Å²) in [6.07, 6.45) is -1.50. The molecule has 0 aliphatic heterocycles. The Morgan fingerprint density at radius 2 is 1.95 bits per heavy atom. The Bertz CT molecular complexity index is 561. The molecule has 0 bridgehead atoms. The van der Waals surface area contributed by atoms with Crippen molar-refractivity contribution in [2.75, 3.05) is 0 Å². The van der Waals surface area contributed by atoms with E-state index in [0.29, 0.717) is 22.6 Å². The summed E-state index contributed by atoms with van der Waals surface area (Å²) in [6, 6.07) is 5.37. The molecule has 6 heteroatoms. The van der Waals surface area contributed by atoms with Gasteiger partial charge in [0.05, 0.1) is 5.57 Å². The van der Waals surface area contributed by atoms with Gasteiger partial charge >= 0.3 is 6.18 Å². The number of hydrogen-bond acceptors (Lipinski definition) is 0. The molecule has 0 heterocycles. The van der Waals surface area contributed by atoms with Crippen LogP contribution in [-0.4, -0.2) is 10.1 Å². The Morgan fingerprint density at radius 1 is 1.26 bits per heavy atom. The lowest BCUT2D eigenvalue weighted by Gasteiger charge is -2.21. The fourth-order valence-electron chi connectivity index (χ4n) is 1.84. The summed E-state index contributed by atoms with van der Waals surface area (Å²) in [5.74, 6) is 0. The second-order valence-electron chi connectivity index (χ2n) is 4.08. The summed E-state index contributed by atoms with van der Waals surface area (Å²) in [6.45, 7) is 0. The molecule has 1 unspecified atom stereocenters. The van der Waals surface area contributed by atoms with Gasteiger partial charge in [-0.25, -0.2) is 0 Å². The maximum atomic E-state index is 12.8. The molecule has 19 heavy (non-hydrogen) atoms. The van der Waals surface area contributed by atoms with Gasteiger partial charge in [0.1, 0.15) is 0 Å². The average Bonchev–Trinajstić information content (AvgIpc) is 2.32. The zero-order chi connectivity index (χ0) is 14.2. The summed E-state index contributed by atoms with van der Waals surface area (Å²) in [5, 5.41) is 0.483. The lowest BCUT2D eigenvalue weighted by atomic mass is 9.93. The third kappa shape index (κ3) is 3.66. The van der Waals surface area contributed by atoms with E-state index in [2.05, 4.69) is 45.2 Å². The first kappa shape index (κ1) is 15.6. The van der Waals surface area contributed by atoms with Gasteiger partial charge in [-0.15, -0.1) is 0 Å². The highest BCUT2D eigenvalue weighted by Gasteiger charge is 2.35. The van der Waals surface area contributed by atoms with Gasteiger partial charge in [0.25, 0.3) is 0 Å². The lowest BCUT2D eigenvalue weighted by Crippen LogP contribution is -2.16. The van der Waals surface area contributed by atoms with Crippen LogP contribution in [0.1, 0.15) is 12.0 Å². The van der Waals surface area contributed by atoms with E-state index in [1.807, 2.05) is 12.1 Å². The normalized spacial score (nSPS) is 20.0. The number of halogens is 6. The summed E-state index contributed by atoms with van der Waals surface area (Å²) in [4.78, 5) is 0. The lowest BCUT2D eigenvalue weighted by molar-refractivity contribution is -0.0885. The largest absolute Gasteiger partial charge is 0.416 e. The van der Waals surface area contributed by atoms with E-state index in [0.717, 1.165) is 3.57 Å².